The van der Waals surface area contributed by atoms with Gasteiger partial charge in [-0.2, -0.15) is 0 Å². The van der Waals surface area contributed by atoms with Crippen LogP contribution < -0.4 is 10.5 Å². The number of hydrogen-bond acceptors (Lipinski definition) is 4. The summed E-state index contributed by atoms with van der Waals surface area (Å²) < 4.78 is 5.16. The van der Waals surface area contributed by atoms with Crippen molar-refractivity contribution in [2.24, 2.45) is 5.73 Å². The maximum absolute atomic E-state index is 10.6. The van der Waals surface area contributed by atoms with Crippen LogP contribution in [0.1, 0.15) is 18.4 Å². The summed E-state index contributed by atoms with van der Waals surface area (Å²) >= 11 is 0. The number of non-ortho nitro benzene ring substituents is 1. The topological polar surface area (TPSA) is 78.4 Å². The highest BCUT2D eigenvalue weighted by Crippen LogP contribution is 2.25. The molecule has 0 unspecified atom stereocenters. The number of ether oxygens (including phenoxy) is 1. The number of aryl methyl sites for hydroxylation is 1. The molecule has 0 aromatic heterocycles. The first-order valence-corrected chi connectivity index (χ1v) is 5.20. The van der Waals surface area contributed by atoms with E-state index in [2.05, 4.69) is 0 Å². The van der Waals surface area contributed by atoms with Gasteiger partial charge in [-0.3, -0.25) is 10.1 Å². The normalized spacial score (nSPS) is 10.1. The molecule has 5 heteroatoms. The van der Waals surface area contributed by atoms with Gasteiger partial charge in [0.2, 0.25) is 0 Å². The van der Waals surface area contributed by atoms with Crippen LogP contribution in [0.2, 0.25) is 0 Å². The van der Waals surface area contributed by atoms with E-state index in [-0.39, 0.29) is 5.69 Å². The molecule has 0 fully saturated rings. The van der Waals surface area contributed by atoms with Crippen LogP contribution in [0.4, 0.5) is 5.69 Å². The standard InChI is InChI=1S/C11H16N2O3/c1-16-11-6-5-10(13(14)15)8-9(11)4-2-3-7-12/h5-6,8H,2-4,7,12H2,1H3. The van der Waals surface area contributed by atoms with Crippen molar-refractivity contribution in [3.05, 3.63) is 33.9 Å². The molecule has 0 atom stereocenters. The van der Waals surface area contributed by atoms with E-state index in [0.29, 0.717) is 12.3 Å². The molecule has 0 amide bonds. The molecule has 16 heavy (non-hydrogen) atoms. The Morgan fingerprint density at radius 3 is 2.75 bits per heavy atom. The molecule has 0 saturated heterocycles. The summed E-state index contributed by atoms with van der Waals surface area (Å²) in [6, 6.07) is 4.65. The Kier molecular flexibility index (Phi) is 4.72. The van der Waals surface area contributed by atoms with E-state index >= 15 is 0 Å². The van der Waals surface area contributed by atoms with Crippen molar-refractivity contribution in [2.75, 3.05) is 13.7 Å². The van der Waals surface area contributed by atoms with Crippen LogP contribution in [-0.2, 0) is 6.42 Å². The third-order valence-electron chi connectivity index (χ3n) is 2.38. The van der Waals surface area contributed by atoms with Crippen molar-refractivity contribution in [3.63, 3.8) is 0 Å². The fourth-order valence-electron chi connectivity index (χ4n) is 1.53. The van der Waals surface area contributed by atoms with Crippen LogP contribution in [0.5, 0.6) is 5.75 Å². The van der Waals surface area contributed by atoms with Crippen LogP contribution >= 0.6 is 0 Å². The third-order valence-corrected chi connectivity index (χ3v) is 2.38. The lowest BCUT2D eigenvalue weighted by Crippen LogP contribution is -2.00. The molecule has 0 heterocycles. The number of nitro groups is 1. The van der Waals surface area contributed by atoms with Crippen LogP contribution in [0.15, 0.2) is 18.2 Å². The number of hydrogen-bond donors (Lipinski definition) is 1. The van der Waals surface area contributed by atoms with Crippen molar-refractivity contribution in [1.82, 2.24) is 0 Å². The number of nitro benzene ring substituents is 1. The predicted molar refractivity (Wildman–Crippen MR) is 61.6 cm³/mol. The molecule has 88 valence electrons. The zero-order chi connectivity index (χ0) is 12.0. The molecule has 0 saturated carbocycles. The number of benzene rings is 1. The lowest BCUT2D eigenvalue weighted by atomic mass is 10.1. The second kappa shape index (κ2) is 6.07. The second-order valence-corrected chi connectivity index (χ2v) is 3.50. The smallest absolute Gasteiger partial charge is 0.269 e. The average molecular weight is 224 g/mol. The van der Waals surface area contributed by atoms with E-state index in [1.54, 1.807) is 19.2 Å². The number of rotatable bonds is 6. The molecule has 0 aliphatic rings. The maximum Gasteiger partial charge on any atom is 0.269 e. The lowest BCUT2D eigenvalue weighted by Gasteiger charge is -2.07. The first-order chi connectivity index (χ1) is 7.69. The monoisotopic (exact) mass is 224 g/mol. The van der Waals surface area contributed by atoms with Crippen molar-refractivity contribution in [1.29, 1.82) is 0 Å². The molecule has 0 bridgehead atoms. The van der Waals surface area contributed by atoms with Gasteiger partial charge in [0.25, 0.3) is 5.69 Å². The molecule has 1 aromatic carbocycles. The van der Waals surface area contributed by atoms with E-state index in [9.17, 15) is 10.1 Å². The van der Waals surface area contributed by atoms with Crippen LogP contribution in [-0.4, -0.2) is 18.6 Å². The Bertz CT molecular complexity index is 366. The minimum atomic E-state index is -0.397. The highest BCUT2D eigenvalue weighted by atomic mass is 16.6. The Hall–Kier alpha value is -1.62. The van der Waals surface area contributed by atoms with Gasteiger partial charge in [-0.1, -0.05) is 0 Å². The quantitative estimate of drug-likeness (QED) is 0.454. The van der Waals surface area contributed by atoms with E-state index in [1.807, 2.05) is 0 Å². The van der Waals surface area contributed by atoms with E-state index in [4.69, 9.17) is 10.5 Å². The molecule has 0 radical (unpaired) electrons. The highest BCUT2D eigenvalue weighted by molar-refractivity contribution is 5.43. The Labute approximate surface area is 94.4 Å². The molecule has 0 aliphatic heterocycles. The summed E-state index contributed by atoms with van der Waals surface area (Å²) in [5.41, 5.74) is 6.37. The van der Waals surface area contributed by atoms with Gasteiger partial charge >= 0.3 is 0 Å². The zero-order valence-electron chi connectivity index (χ0n) is 9.31. The van der Waals surface area contributed by atoms with Crippen molar-refractivity contribution in [3.8, 4) is 5.75 Å². The fourth-order valence-corrected chi connectivity index (χ4v) is 1.53. The van der Waals surface area contributed by atoms with Crippen molar-refractivity contribution >= 4 is 5.69 Å². The van der Waals surface area contributed by atoms with E-state index in [0.717, 1.165) is 24.8 Å². The molecule has 2 N–H and O–H groups in total. The van der Waals surface area contributed by atoms with Crippen LogP contribution in [0.3, 0.4) is 0 Å². The summed E-state index contributed by atoms with van der Waals surface area (Å²) in [7, 11) is 1.56. The molecule has 0 aliphatic carbocycles. The molecule has 5 nitrogen and oxygen atoms in total. The summed E-state index contributed by atoms with van der Waals surface area (Å²) in [4.78, 5) is 10.2. The minimum Gasteiger partial charge on any atom is -0.496 e. The molecule has 1 rings (SSSR count). The Morgan fingerprint density at radius 1 is 1.44 bits per heavy atom. The number of nitrogens with zero attached hydrogens (tertiary/aromatic N) is 1. The average Bonchev–Trinajstić information content (AvgIpc) is 2.29. The Balaban J connectivity index is 2.84. The number of methoxy groups -OCH3 is 1. The zero-order valence-corrected chi connectivity index (χ0v) is 9.31. The van der Waals surface area contributed by atoms with Gasteiger partial charge in [0.15, 0.2) is 0 Å². The molecule has 1 aromatic rings. The van der Waals surface area contributed by atoms with E-state index < -0.39 is 4.92 Å². The molecular weight excluding hydrogens is 208 g/mol. The molecule has 0 spiro atoms. The maximum atomic E-state index is 10.6. The van der Waals surface area contributed by atoms with Gasteiger partial charge in [-0.05, 0) is 31.9 Å². The van der Waals surface area contributed by atoms with Gasteiger partial charge < -0.3 is 10.5 Å². The summed E-state index contributed by atoms with van der Waals surface area (Å²) in [5.74, 6) is 0.697. The SMILES string of the molecule is COc1ccc([N+](=O)[O-])cc1CCCCN. The number of nitrogens with two attached hydrogens (primary N) is 1. The predicted octanol–water partition coefficient (Wildman–Crippen LogP) is 1.88. The van der Waals surface area contributed by atoms with Crippen molar-refractivity contribution in [2.45, 2.75) is 19.3 Å². The van der Waals surface area contributed by atoms with Gasteiger partial charge in [-0.15, -0.1) is 0 Å². The number of unbranched alkanes of at least 4 members (excludes halogenated alkanes) is 1. The van der Waals surface area contributed by atoms with Crippen molar-refractivity contribution < 1.29 is 9.66 Å². The largest absolute Gasteiger partial charge is 0.496 e. The molecular formula is C11H16N2O3. The van der Waals surface area contributed by atoms with Crippen LogP contribution in [0.25, 0.3) is 0 Å². The highest BCUT2D eigenvalue weighted by Gasteiger charge is 2.10. The first-order valence-electron chi connectivity index (χ1n) is 5.20. The lowest BCUT2D eigenvalue weighted by molar-refractivity contribution is -0.384. The summed E-state index contributed by atoms with van der Waals surface area (Å²) in [6.07, 6.45) is 2.57. The third kappa shape index (κ3) is 3.20. The first kappa shape index (κ1) is 12.4. The van der Waals surface area contributed by atoms with E-state index in [1.165, 1.54) is 6.07 Å². The van der Waals surface area contributed by atoms with Gasteiger partial charge in [-0.25, -0.2) is 0 Å². The minimum absolute atomic E-state index is 0.101. The van der Waals surface area contributed by atoms with Crippen LogP contribution in [0, 0.1) is 10.1 Å². The van der Waals surface area contributed by atoms with Gasteiger partial charge in [0, 0.05) is 17.7 Å². The van der Waals surface area contributed by atoms with Gasteiger partial charge in [0.1, 0.15) is 5.75 Å². The van der Waals surface area contributed by atoms with Gasteiger partial charge in [0.05, 0.1) is 12.0 Å². The summed E-state index contributed by atoms with van der Waals surface area (Å²) in [6.45, 7) is 0.636. The Morgan fingerprint density at radius 2 is 2.19 bits per heavy atom. The second-order valence-electron chi connectivity index (χ2n) is 3.50. The fraction of sp³-hybridized carbons (Fsp3) is 0.455. The summed E-state index contributed by atoms with van der Waals surface area (Å²) in [5, 5.41) is 10.6.